The third-order valence-corrected chi connectivity index (χ3v) is 14.6. The van der Waals surface area contributed by atoms with Crippen LogP contribution in [-0.4, -0.2) is 125 Å². The Balaban J connectivity index is 1.55. The van der Waals surface area contributed by atoms with Crippen molar-refractivity contribution in [3.05, 3.63) is 124 Å². The summed E-state index contributed by atoms with van der Waals surface area (Å²) in [6.07, 6.45) is -3.08. The molecule has 4 aromatic carbocycles. The standard InChI is InChI=1S/C68H88N6O14/c1-16-49(75)39-85-56-37-47-35-51(59(56)86-38-43-20-18-17-19-21-43)50-33-44(22-27-55(50)84-31-30-70-65(82)88-68(11,12)13)34-52(63(80)83-15)73-61(78)40(2)32-54(77)58(47)74(14)62(79)46(28-29-69-64(81)87-67(8,9)10)36-53(76)57-41(3)71-60(72-42(57)4)45-23-25-48(26-24-45)66(5,6)7/h17-27,33,35,37,40,46,49,52,58,75H,16,28-32,34,36,38-39H2,1-15H3,(H,69,81)(H,70,82)(H,73,78)/t40-,46-,49-,52+,58+/m1/s1. The molecule has 6 rings (SSSR count). The summed E-state index contributed by atoms with van der Waals surface area (Å²) < 4.78 is 35.9. The number of aliphatic hydroxyl groups excluding tert-OH is 1. The second kappa shape index (κ2) is 30.0. The van der Waals surface area contributed by atoms with E-state index >= 15 is 9.59 Å². The third-order valence-electron chi connectivity index (χ3n) is 14.6. The fourth-order valence-corrected chi connectivity index (χ4v) is 10.0. The normalized spacial score (nSPS) is 16.2. The molecule has 4 amide bonds. The van der Waals surface area contributed by atoms with E-state index in [0.717, 1.165) is 16.7 Å². The number of nitrogens with one attached hydrogen (secondary N) is 3. The van der Waals surface area contributed by atoms with E-state index in [4.69, 9.17) is 38.4 Å². The maximum absolute atomic E-state index is 15.7. The smallest absolute Gasteiger partial charge is 0.407 e. The largest absolute Gasteiger partial charge is 0.491 e. The van der Waals surface area contributed by atoms with Gasteiger partial charge in [-0.2, -0.15) is 0 Å². The summed E-state index contributed by atoms with van der Waals surface area (Å²) in [4.78, 5) is 111. The van der Waals surface area contributed by atoms with Crippen LogP contribution in [0.1, 0.15) is 152 Å². The van der Waals surface area contributed by atoms with Crippen molar-refractivity contribution in [1.82, 2.24) is 30.8 Å². The molecule has 5 atom stereocenters. The first-order chi connectivity index (χ1) is 41.4. The lowest BCUT2D eigenvalue weighted by atomic mass is 9.86. The van der Waals surface area contributed by atoms with Crippen molar-refractivity contribution < 1.29 is 67.1 Å². The average Bonchev–Trinajstić information content (AvgIpc) is 1.49. The van der Waals surface area contributed by atoms with Crippen LogP contribution < -0.4 is 30.2 Å². The monoisotopic (exact) mass is 1210 g/mol. The summed E-state index contributed by atoms with van der Waals surface area (Å²) in [7, 11) is 2.63. The van der Waals surface area contributed by atoms with Crippen molar-refractivity contribution in [3.63, 3.8) is 0 Å². The van der Waals surface area contributed by atoms with Crippen molar-refractivity contribution >= 4 is 41.5 Å². The Kier molecular flexibility index (Phi) is 23.4. The molecule has 0 saturated carbocycles. The number of likely N-dealkylation sites (N-methyl/N-ethyl adjacent to an activating group) is 1. The molecule has 0 unspecified atom stereocenters. The minimum absolute atomic E-state index is 0.00851. The van der Waals surface area contributed by atoms with Crippen molar-refractivity contribution in [2.45, 2.75) is 164 Å². The molecule has 1 aliphatic rings. The van der Waals surface area contributed by atoms with E-state index in [-0.39, 0.29) is 79.5 Å². The van der Waals surface area contributed by atoms with Gasteiger partial charge in [0.15, 0.2) is 28.9 Å². The van der Waals surface area contributed by atoms with Gasteiger partial charge in [-0.3, -0.25) is 19.2 Å². The number of esters is 1. The van der Waals surface area contributed by atoms with Gasteiger partial charge >= 0.3 is 18.2 Å². The van der Waals surface area contributed by atoms with Crippen LogP contribution >= 0.6 is 0 Å². The zero-order valence-electron chi connectivity index (χ0n) is 53.6. The van der Waals surface area contributed by atoms with Crippen molar-refractivity contribution in [1.29, 1.82) is 0 Å². The molecule has 2 heterocycles. The number of aliphatic hydroxyl groups is 1. The molecule has 20 nitrogen and oxygen atoms in total. The van der Waals surface area contributed by atoms with Gasteiger partial charge in [-0.05, 0) is 120 Å². The van der Waals surface area contributed by atoms with Gasteiger partial charge in [0.25, 0.3) is 0 Å². The Hall–Kier alpha value is -8.39. The Morgan fingerprint density at radius 3 is 1.98 bits per heavy atom. The van der Waals surface area contributed by atoms with Crippen molar-refractivity contribution in [2.75, 3.05) is 40.5 Å². The van der Waals surface area contributed by atoms with Crippen LogP contribution in [0.2, 0.25) is 0 Å². The highest BCUT2D eigenvalue weighted by molar-refractivity contribution is 6.01. The summed E-state index contributed by atoms with van der Waals surface area (Å²) in [5, 5.41) is 19.3. The molecule has 5 aromatic rings. The minimum Gasteiger partial charge on any atom is -0.491 e. The molecule has 0 fully saturated rings. The number of carbonyl (C=O) groups excluding carboxylic acids is 7. The topological polar surface area (TPSA) is 260 Å². The highest BCUT2D eigenvalue weighted by atomic mass is 16.6. The first-order valence-corrected chi connectivity index (χ1v) is 29.9. The number of aryl methyl sites for hydroxylation is 2. The van der Waals surface area contributed by atoms with E-state index in [1.165, 1.54) is 26.0 Å². The van der Waals surface area contributed by atoms with Gasteiger partial charge in [-0.1, -0.05) is 95.3 Å². The van der Waals surface area contributed by atoms with Gasteiger partial charge in [-0.15, -0.1) is 0 Å². The lowest BCUT2D eigenvalue weighted by molar-refractivity contribution is -0.146. The summed E-state index contributed by atoms with van der Waals surface area (Å²) in [6.45, 7) is 23.1. The second-order valence-corrected chi connectivity index (χ2v) is 25.3. The van der Waals surface area contributed by atoms with E-state index in [2.05, 4.69) is 36.7 Å². The second-order valence-electron chi connectivity index (χ2n) is 25.3. The molecule has 0 radical (unpaired) electrons. The molecular formula is C68H88N6O14. The molecule has 0 aliphatic carbocycles. The number of nitrogens with zero attached hydrogens (tertiary/aromatic N) is 3. The number of carbonyl (C=O) groups is 7. The van der Waals surface area contributed by atoms with Crippen LogP contribution in [0.3, 0.4) is 0 Å². The van der Waals surface area contributed by atoms with Crippen LogP contribution in [0, 0.1) is 25.7 Å². The summed E-state index contributed by atoms with van der Waals surface area (Å²) in [5.74, 6) is -4.54. The fraction of sp³-hybridized carbons (Fsp3) is 0.485. The number of rotatable bonds is 21. The van der Waals surface area contributed by atoms with E-state index in [0.29, 0.717) is 40.3 Å². The number of hydrogen-bond acceptors (Lipinski definition) is 16. The highest BCUT2D eigenvalue weighted by Gasteiger charge is 2.38. The number of alkyl carbamates (subject to hydrolysis) is 2. The van der Waals surface area contributed by atoms with Gasteiger partial charge in [0.2, 0.25) is 11.8 Å². The van der Waals surface area contributed by atoms with E-state index in [9.17, 15) is 29.1 Å². The summed E-state index contributed by atoms with van der Waals surface area (Å²) in [5.41, 5.74) is 3.29. The first kappa shape index (κ1) is 68.7. The molecule has 20 heteroatoms. The number of Topliss-reactive ketones (excluding diaryl/α,β-unsaturated/α-hetero) is 2. The molecule has 0 spiro atoms. The Labute approximate surface area is 517 Å². The molecule has 1 aliphatic heterocycles. The van der Waals surface area contributed by atoms with E-state index in [1.807, 2.05) is 54.6 Å². The van der Waals surface area contributed by atoms with Gasteiger partial charge in [0, 0.05) is 61.4 Å². The van der Waals surface area contributed by atoms with Gasteiger partial charge in [0.1, 0.15) is 48.9 Å². The van der Waals surface area contributed by atoms with Gasteiger partial charge < -0.3 is 54.4 Å². The lowest BCUT2D eigenvalue weighted by Gasteiger charge is -2.33. The van der Waals surface area contributed by atoms with Crippen LogP contribution in [0.4, 0.5) is 9.59 Å². The Morgan fingerprint density at radius 1 is 0.761 bits per heavy atom. The quantitative estimate of drug-likeness (QED) is 0.0230. The predicted octanol–water partition coefficient (Wildman–Crippen LogP) is 10.5. The Morgan fingerprint density at radius 2 is 1.39 bits per heavy atom. The zero-order valence-corrected chi connectivity index (χ0v) is 53.6. The fourth-order valence-electron chi connectivity index (χ4n) is 10.0. The highest BCUT2D eigenvalue weighted by Crippen LogP contribution is 2.46. The van der Waals surface area contributed by atoms with E-state index in [1.54, 1.807) is 92.6 Å². The van der Waals surface area contributed by atoms with Crippen molar-refractivity contribution in [2.24, 2.45) is 11.8 Å². The first-order valence-electron chi connectivity index (χ1n) is 29.9. The summed E-state index contributed by atoms with van der Waals surface area (Å²) in [6, 6.07) is 22.8. The van der Waals surface area contributed by atoms with Crippen LogP contribution in [0.15, 0.2) is 84.9 Å². The number of ketones is 2. The molecule has 4 N–H and O–H groups in total. The number of aromatic nitrogens is 2. The van der Waals surface area contributed by atoms with Crippen LogP contribution in [-0.2, 0) is 51.8 Å². The average molecular weight is 1210 g/mol. The number of amides is 4. The zero-order chi connectivity index (χ0) is 64.8. The number of fused-ring (bicyclic) bond motifs is 5. The number of benzene rings is 4. The van der Waals surface area contributed by atoms with Crippen LogP contribution in [0.5, 0.6) is 17.2 Å². The lowest BCUT2D eigenvalue weighted by Crippen LogP contribution is -2.46. The summed E-state index contributed by atoms with van der Waals surface area (Å²) >= 11 is 0. The molecular weight excluding hydrogens is 1120 g/mol. The number of hydrogen-bond donors (Lipinski definition) is 4. The molecule has 1 aromatic heterocycles. The molecule has 4 bridgehead atoms. The molecule has 474 valence electrons. The Bertz CT molecular complexity index is 3270. The molecule has 88 heavy (non-hydrogen) atoms. The van der Waals surface area contributed by atoms with Gasteiger partial charge in [-0.25, -0.2) is 24.4 Å². The maximum Gasteiger partial charge on any atom is 0.407 e. The van der Waals surface area contributed by atoms with Crippen molar-refractivity contribution in [3.8, 4) is 39.8 Å². The predicted molar refractivity (Wildman–Crippen MR) is 333 cm³/mol. The van der Waals surface area contributed by atoms with Gasteiger partial charge in [0.05, 0.1) is 36.7 Å². The third kappa shape index (κ3) is 19.3. The SMILES string of the molecule is CC[C@@H](O)COc1cc2cc(c1OCc1ccccc1)-c1cc(ccc1OCCNC(=O)OC(C)(C)C)C[C@@H](C(=O)OC)NC(=O)[C@H](C)CC(=O)[C@H]2N(C)C(=O)[C@H](CCNC(=O)OC(C)(C)C)CC(=O)c1c(C)nc(-c2ccc(C(C)(C)C)cc2)nc1C. The number of methoxy groups -OCH3 is 1. The number of ether oxygens (including phenoxy) is 6. The van der Waals surface area contributed by atoms with E-state index < -0.39 is 95.6 Å². The molecule has 0 saturated heterocycles. The minimum atomic E-state index is -1.53. The van der Waals surface area contributed by atoms with Crippen LogP contribution in [0.25, 0.3) is 22.5 Å². The maximum atomic E-state index is 15.7.